The van der Waals surface area contributed by atoms with Crippen molar-refractivity contribution in [1.29, 1.82) is 0 Å². The highest BCUT2D eigenvalue weighted by Gasteiger charge is 2.42. The fourth-order valence-electron chi connectivity index (χ4n) is 3.86. The van der Waals surface area contributed by atoms with Gasteiger partial charge in [-0.3, -0.25) is 4.99 Å². The van der Waals surface area contributed by atoms with Crippen LogP contribution in [0.25, 0.3) is 0 Å². The van der Waals surface area contributed by atoms with Crippen LogP contribution in [-0.4, -0.2) is 56.2 Å². The van der Waals surface area contributed by atoms with E-state index in [4.69, 9.17) is 0 Å². The van der Waals surface area contributed by atoms with Crippen LogP contribution in [0.1, 0.15) is 51.0 Å². The van der Waals surface area contributed by atoms with Crippen molar-refractivity contribution < 1.29 is 17.2 Å². The number of hydrogen-bond acceptors (Lipinski definition) is 3. The summed E-state index contributed by atoms with van der Waals surface area (Å²) in [5, 5.41) is 6.64. The van der Waals surface area contributed by atoms with E-state index in [1.807, 2.05) is 13.8 Å². The highest BCUT2D eigenvalue weighted by molar-refractivity contribution is 7.89. The summed E-state index contributed by atoms with van der Waals surface area (Å²) in [4.78, 5) is 4.44. The first-order valence-electron chi connectivity index (χ1n) is 10.3. The van der Waals surface area contributed by atoms with E-state index >= 15 is 0 Å². The third kappa shape index (κ3) is 5.45. The number of guanidine groups is 1. The van der Waals surface area contributed by atoms with Gasteiger partial charge in [0.2, 0.25) is 10.0 Å². The number of nitrogens with zero attached hydrogens (tertiary/aromatic N) is 2. The highest BCUT2D eigenvalue weighted by Crippen LogP contribution is 2.43. The minimum atomic E-state index is -3.16. The Bertz CT molecular complexity index is 819. The molecule has 2 atom stereocenters. The topological polar surface area (TPSA) is 73.8 Å². The maximum atomic E-state index is 14.0. The van der Waals surface area contributed by atoms with Gasteiger partial charge < -0.3 is 10.6 Å². The molecule has 0 radical (unpaired) electrons. The molecule has 1 saturated carbocycles. The molecule has 0 spiro atoms. The lowest BCUT2D eigenvalue weighted by Gasteiger charge is -2.32. The van der Waals surface area contributed by atoms with Crippen LogP contribution >= 0.6 is 0 Å². The van der Waals surface area contributed by atoms with E-state index in [-0.39, 0.29) is 29.3 Å². The van der Waals surface area contributed by atoms with E-state index in [1.165, 1.54) is 18.2 Å². The number of benzene rings is 1. The van der Waals surface area contributed by atoms with E-state index < -0.39 is 21.7 Å². The highest BCUT2D eigenvalue weighted by atomic mass is 32.2. The van der Waals surface area contributed by atoms with E-state index in [2.05, 4.69) is 15.6 Å². The van der Waals surface area contributed by atoms with Gasteiger partial charge in [-0.25, -0.2) is 21.5 Å². The lowest BCUT2D eigenvalue weighted by Crippen LogP contribution is -2.50. The predicted molar refractivity (Wildman–Crippen MR) is 110 cm³/mol. The number of hydrogen-bond donors (Lipinski definition) is 2. The Morgan fingerprint density at radius 2 is 1.83 bits per heavy atom. The van der Waals surface area contributed by atoms with E-state index in [9.17, 15) is 17.2 Å². The van der Waals surface area contributed by atoms with Crippen LogP contribution < -0.4 is 10.6 Å². The third-order valence-corrected chi connectivity index (χ3v) is 7.53. The minimum absolute atomic E-state index is 0.0655. The molecule has 29 heavy (non-hydrogen) atoms. The molecule has 1 heterocycles. The summed E-state index contributed by atoms with van der Waals surface area (Å²) >= 11 is 0. The summed E-state index contributed by atoms with van der Waals surface area (Å²) in [6.45, 7) is 5.34. The van der Waals surface area contributed by atoms with Crippen molar-refractivity contribution in [3.8, 4) is 0 Å². The van der Waals surface area contributed by atoms with Crippen LogP contribution in [0.4, 0.5) is 8.78 Å². The van der Waals surface area contributed by atoms with Crippen LogP contribution in [0, 0.1) is 11.6 Å². The Morgan fingerprint density at radius 3 is 2.41 bits per heavy atom. The molecule has 1 aromatic carbocycles. The van der Waals surface area contributed by atoms with Gasteiger partial charge in [-0.1, -0.05) is 13.0 Å². The zero-order valence-electron chi connectivity index (χ0n) is 17.0. The minimum Gasteiger partial charge on any atom is -0.354 e. The van der Waals surface area contributed by atoms with Crippen LogP contribution in [0.15, 0.2) is 23.2 Å². The Hall–Kier alpha value is -1.74. The summed E-state index contributed by atoms with van der Waals surface area (Å²) in [5.74, 6) is -0.429. The summed E-state index contributed by atoms with van der Waals surface area (Å²) in [7, 11) is -3.16. The first-order valence-corrected chi connectivity index (χ1v) is 12.0. The average molecular weight is 429 g/mol. The lowest BCUT2D eigenvalue weighted by atomic mass is 10.1. The molecule has 162 valence electrons. The molecule has 1 aliphatic heterocycles. The predicted octanol–water partition coefficient (Wildman–Crippen LogP) is 2.58. The zero-order valence-corrected chi connectivity index (χ0v) is 17.8. The summed E-state index contributed by atoms with van der Waals surface area (Å²) in [6, 6.07) is 3.99. The van der Waals surface area contributed by atoms with E-state index in [0.717, 1.165) is 0 Å². The quantitative estimate of drug-likeness (QED) is 0.517. The Morgan fingerprint density at radius 1 is 1.17 bits per heavy atom. The summed E-state index contributed by atoms with van der Waals surface area (Å²) < 4.78 is 54.0. The van der Waals surface area contributed by atoms with Crippen molar-refractivity contribution in [3.63, 3.8) is 0 Å². The number of halogens is 2. The standard InChI is InChI=1S/C20H30F2N4O2S/c1-3-12-29(27,28)26-10-8-14(9-11-26)24-20(23-4-2)25-18-13-15(18)19-16(21)6-5-7-17(19)22/h5-7,14-15,18H,3-4,8-13H2,1-2H3,(H2,23,24,25). The van der Waals surface area contributed by atoms with E-state index in [0.29, 0.717) is 51.3 Å². The van der Waals surface area contributed by atoms with Crippen molar-refractivity contribution in [2.75, 3.05) is 25.4 Å². The molecule has 3 rings (SSSR count). The van der Waals surface area contributed by atoms with E-state index in [1.54, 1.807) is 4.31 Å². The molecule has 2 unspecified atom stereocenters. The second-order valence-corrected chi connectivity index (χ2v) is 9.77. The zero-order chi connectivity index (χ0) is 21.0. The molecule has 2 fully saturated rings. The normalized spacial score (nSPS) is 23.8. The Balaban J connectivity index is 1.54. The van der Waals surface area contributed by atoms with Crippen molar-refractivity contribution in [3.05, 3.63) is 35.4 Å². The van der Waals surface area contributed by atoms with Gasteiger partial charge in [0.25, 0.3) is 0 Å². The number of sulfonamides is 1. The fourth-order valence-corrected chi connectivity index (χ4v) is 5.41. The average Bonchev–Trinajstić information content (AvgIpc) is 3.40. The van der Waals surface area contributed by atoms with Gasteiger partial charge in [0.05, 0.1) is 5.75 Å². The molecule has 6 nitrogen and oxygen atoms in total. The van der Waals surface area contributed by atoms with Gasteiger partial charge in [0.1, 0.15) is 11.6 Å². The largest absolute Gasteiger partial charge is 0.354 e. The number of rotatable bonds is 7. The van der Waals surface area contributed by atoms with Crippen molar-refractivity contribution in [2.24, 2.45) is 4.99 Å². The van der Waals surface area contributed by atoms with Crippen LogP contribution in [-0.2, 0) is 10.0 Å². The molecule has 2 N–H and O–H groups in total. The molecule has 9 heteroatoms. The van der Waals surface area contributed by atoms with Crippen LogP contribution in [0.3, 0.4) is 0 Å². The molecule has 1 aliphatic carbocycles. The summed E-state index contributed by atoms with van der Waals surface area (Å²) in [5.41, 5.74) is 0.135. The summed E-state index contributed by atoms with van der Waals surface area (Å²) in [6.07, 6.45) is 2.66. The molecular weight excluding hydrogens is 398 g/mol. The van der Waals surface area contributed by atoms with Crippen molar-refractivity contribution in [2.45, 2.75) is 57.5 Å². The first-order chi connectivity index (χ1) is 13.9. The number of nitrogens with one attached hydrogen (secondary N) is 2. The maximum absolute atomic E-state index is 14.0. The van der Waals surface area contributed by atoms with Crippen LogP contribution in [0.2, 0.25) is 0 Å². The van der Waals surface area contributed by atoms with Gasteiger partial charge in [-0.15, -0.1) is 0 Å². The second-order valence-electron chi connectivity index (χ2n) is 7.68. The SMILES string of the molecule is CCCS(=O)(=O)N1CCC(NC(=NCC)NC2CC2c2c(F)cccc2F)CC1. The Labute approximate surface area is 171 Å². The third-order valence-electron chi connectivity index (χ3n) is 5.45. The van der Waals surface area contributed by atoms with Crippen molar-refractivity contribution in [1.82, 2.24) is 14.9 Å². The molecule has 0 aromatic heterocycles. The number of piperidine rings is 1. The van der Waals surface area contributed by atoms with Gasteiger partial charge >= 0.3 is 0 Å². The molecule has 0 bridgehead atoms. The van der Waals surface area contributed by atoms with Crippen molar-refractivity contribution >= 4 is 16.0 Å². The molecule has 2 aliphatic rings. The smallest absolute Gasteiger partial charge is 0.214 e. The molecule has 1 saturated heterocycles. The second kappa shape index (κ2) is 9.38. The molecular formula is C20H30F2N4O2S. The first kappa shape index (κ1) is 22.0. The fraction of sp³-hybridized carbons (Fsp3) is 0.650. The van der Waals surface area contributed by atoms with Gasteiger partial charge in [-0.05, 0) is 44.7 Å². The monoisotopic (exact) mass is 428 g/mol. The van der Waals surface area contributed by atoms with Gasteiger partial charge in [0, 0.05) is 43.2 Å². The molecule has 1 aromatic rings. The van der Waals surface area contributed by atoms with Gasteiger partial charge in [0.15, 0.2) is 5.96 Å². The maximum Gasteiger partial charge on any atom is 0.214 e. The van der Waals surface area contributed by atoms with Gasteiger partial charge in [-0.2, -0.15) is 0 Å². The Kier molecular flexibility index (Phi) is 7.10. The lowest BCUT2D eigenvalue weighted by molar-refractivity contribution is 0.306. The molecule has 0 amide bonds. The van der Waals surface area contributed by atoms with Crippen LogP contribution in [0.5, 0.6) is 0 Å². The number of aliphatic imine (C=N–C) groups is 1.